The smallest absolute Gasteiger partial charge is 0.136 e. The van der Waals surface area contributed by atoms with Crippen LogP contribution in [0.4, 0.5) is 0 Å². The predicted octanol–water partition coefficient (Wildman–Crippen LogP) is 1.76. The van der Waals surface area contributed by atoms with Crippen molar-refractivity contribution in [3.05, 3.63) is 12.8 Å². The largest absolute Gasteiger partial charge is 0.498 e. The van der Waals surface area contributed by atoms with Gasteiger partial charge in [-0.2, -0.15) is 0 Å². The number of carbonyl (C=O) groups is 1. The van der Waals surface area contributed by atoms with E-state index in [0.29, 0.717) is 0 Å². The molecule has 0 spiro atoms. The highest BCUT2D eigenvalue weighted by Crippen LogP contribution is 2.07. The molecule has 2 unspecified atom stereocenters. The molecule has 0 amide bonds. The van der Waals surface area contributed by atoms with Gasteiger partial charge >= 0.3 is 0 Å². The summed E-state index contributed by atoms with van der Waals surface area (Å²) in [6.45, 7) is 8.67. The van der Waals surface area contributed by atoms with Gasteiger partial charge in [-0.3, -0.25) is 4.79 Å². The summed E-state index contributed by atoms with van der Waals surface area (Å²) in [6, 6.07) is 0. The van der Waals surface area contributed by atoms with Crippen LogP contribution in [0.5, 0.6) is 0 Å². The van der Waals surface area contributed by atoms with Gasteiger partial charge in [0, 0.05) is 0 Å². The highest BCUT2D eigenvalue weighted by atomic mass is 16.5. The van der Waals surface area contributed by atoms with Crippen LogP contribution in [0.2, 0.25) is 0 Å². The normalized spacial score (nSPS) is 15.5. The van der Waals surface area contributed by atoms with Crippen LogP contribution in [0, 0.1) is 5.92 Å². The van der Waals surface area contributed by atoms with Crippen molar-refractivity contribution in [3.63, 3.8) is 0 Å². The van der Waals surface area contributed by atoms with Crippen LogP contribution in [-0.4, -0.2) is 11.9 Å². The van der Waals surface area contributed by atoms with Crippen LogP contribution in [0.15, 0.2) is 12.8 Å². The van der Waals surface area contributed by atoms with Crippen molar-refractivity contribution in [2.75, 3.05) is 0 Å². The van der Waals surface area contributed by atoms with Crippen molar-refractivity contribution in [1.82, 2.24) is 0 Å². The maximum atomic E-state index is 10.7. The molecule has 0 heterocycles. The van der Waals surface area contributed by atoms with Gasteiger partial charge in [0.1, 0.15) is 11.9 Å². The molecule has 0 aliphatic carbocycles. The number of rotatable bonds is 4. The molecular formula is C8H14O2. The molecule has 0 aromatic rings. The number of hydrogen-bond donors (Lipinski definition) is 0. The maximum absolute atomic E-state index is 10.7. The van der Waals surface area contributed by atoms with Gasteiger partial charge in [0.25, 0.3) is 0 Å². The highest BCUT2D eigenvalue weighted by Gasteiger charge is 2.15. The first kappa shape index (κ1) is 9.21. The van der Waals surface area contributed by atoms with E-state index in [2.05, 4.69) is 6.58 Å². The lowest BCUT2D eigenvalue weighted by Crippen LogP contribution is -2.21. The average Bonchev–Trinajstić information content (AvgIpc) is 1.87. The van der Waals surface area contributed by atoms with Gasteiger partial charge in [-0.25, -0.2) is 0 Å². The lowest BCUT2D eigenvalue weighted by molar-refractivity contribution is -0.123. The second-order valence-corrected chi connectivity index (χ2v) is 2.41. The molecule has 2 atom stereocenters. The Morgan fingerprint density at radius 2 is 2.10 bits per heavy atom. The molecule has 0 aromatic heterocycles. The molecule has 0 bridgehead atoms. The molecule has 58 valence electrons. The van der Waals surface area contributed by atoms with E-state index in [1.165, 1.54) is 6.26 Å². The number of carbonyl (C=O) groups excluding carboxylic acids is 1. The van der Waals surface area contributed by atoms with Crippen molar-refractivity contribution >= 4 is 5.78 Å². The summed E-state index contributed by atoms with van der Waals surface area (Å²) in [5, 5.41) is 0. The molecule has 0 fully saturated rings. The highest BCUT2D eigenvalue weighted by molar-refractivity contribution is 5.78. The predicted molar refractivity (Wildman–Crippen MR) is 40.6 cm³/mol. The first-order valence-electron chi connectivity index (χ1n) is 3.36. The zero-order valence-corrected chi connectivity index (χ0v) is 6.76. The van der Waals surface area contributed by atoms with Gasteiger partial charge in [-0.15, -0.1) is 0 Å². The summed E-state index contributed by atoms with van der Waals surface area (Å²) < 4.78 is 5.01. The Bertz CT molecular complexity index is 129. The van der Waals surface area contributed by atoms with E-state index in [9.17, 15) is 4.79 Å². The zero-order valence-electron chi connectivity index (χ0n) is 6.76. The number of Topliss-reactive ketones (excluding diaryl/α,β-unsaturated/α-hetero) is 1. The van der Waals surface area contributed by atoms with Crippen LogP contribution < -0.4 is 0 Å². The fraction of sp³-hybridized carbons (Fsp3) is 0.625. The molecule has 0 aliphatic rings. The third-order valence-electron chi connectivity index (χ3n) is 1.66. The first-order valence-corrected chi connectivity index (χ1v) is 3.36. The molecule has 2 heteroatoms. The Morgan fingerprint density at radius 3 is 2.40 bits per heavy atom. The van der Waals surface area contributed by atoms with Crippen LogP contribution in [0.1, 0.15) is 20.8 Å². The van der Waals surface area contributed by atoms with Crippen molar-refractivity contribution in [3.8, 4) is 0 Å². The monoisotopic (exact) mass is 142 g/mol. The van der Waals surface area contributed by atoms with Crippen molar-refractivity contribution in [2.45, 2.75) is 26.9 Å². The van der Waals surface area contributed by atoms with Gasteiger partial charge in [0.15, 0.2) is 0 Å². The minimum absolute atomic E-state index is 0.0435. The third-order valence-corrected chi connectivity index (χ3v) is 1.66. The second-order valence-electron chi connectivity index (χ2n) is 2.41. The van der Waals surface area contributed by atoms with Crippen LogP contribution >= 0.6 is 0 Å². The lowest BCUT2D eigenvalue weighted by Gasteiger charge is -2.15. The van der Waals surface area contributed by atoms with E-state index in [1.54, 1.807) is 6.92 Å². The molecule has 0 saturated carbocycles. The van der Waals surface area contributed by atoms with E-state index < -0.39 is 0 Å². The zero-order chi connectivity index (χ0) is 8.15. The van der Waals surface area contributed by atoms with Gasteiger partial charge < -0.3 is 4.74 Å². The molecule has 10 heavy (non-hydrogen) atoms. The standard InChI is InChI=1S/C8H14O2/c1-5-10-8(4)6(2)7(3)9/h5-6,8H,1H2,2-4H3. The van der Waals surface area contributed by atoms with Gasteiger partial charge in [0.05, 0.1) is 12.2 Å². The molecule has 2 nitrogen and oxygen atoms in total. The summed E-state index contributed by atoms with van der Waals surface area (Å²) >= 11 is 0. The van der Waals surface area contributed by atoms with Gasteiger partial charge in [-0.05, 0) is 13.8 Å². The van der Waals surface area contributed by atoms with E-state index in [1.807, 2.05) is 13.8 Å². The topological polar surface area (TPSA) is 26.3 Å². The molecule has 0 aromatic carbocycles. The Labute approximate surface area is 61.9 Å². The minimum Gasteiger partial charge on any atom is -0.498 e. The average molecular weight is 142 g/mol. The Balaban J connectivity index is 3.80. The fourth-order valence-electron chi connectivity index (χ4n) is 0.600. The van der Waals surface area contributed by atoms with Crippen molar-refractivity contribution in [2.24, 2.45) is 5.92 Å². The fourth-order valence-corrected chi connectivity index (χ4v) is 0.600. The van der Waals surface area contributed by atoms with E-state index in [4.69, 9.17) is 4.74 Å². The van der Waals surface area contributed by atoms with Crippen LogP contribution in [-0.2, 0) is 9.53 Å². The summed E-state index contributed by atoms with van der Waals surface area (Å²) in [5.41, 5.74) is 0. The number of ether oxygens (including phenoxy) is 1. The summed E-state index contributed by atoms with van der Waals surface area (Å²) in [5.74, 6) is 0.104. The summed E-state index contributed by atoms with van der Waals surface area (Å²) in [7, 11) is 0. The molecule has 0 N–H and O–H groups in total. The van der Waals surface area contributed by atoms with E-state index in [0.717, 1.165) is 0 Å². The quantitative estimate of drug-likeness (QED) is 0.559. The van der Waals surface area contributed by atoms with Gasteiger partial charge in [-0.1, -0.05) is 13.5 Å². The molecule has 0 aliphatic heterocycles. The Morgan fingerprint density at radius 1 is 1.60 bits per heavy atom. The van der Waals surface area contributed by atoms with E-state index >= 15 is 0 Å². The maximum Gasteiger partial charge on any atom is 0.136 e. The summed E-state index contributed by atoms with van der Waals surface area (Å²) in [4.78, 5) is 10.7. The summed E-state index contributed by atoms with van der Waals surface area (Å²) in [6.07, 6.45) is 1.30. The molecular weight excluding hydrogens is 128 g/mol. The Kier molecular flexibility index (Phi) is 3.77. The van der Waals surface area contributed by atoms with Crippen molar-refractivity contribution < 1.29 is 9.53 Å². The molecule has 0 radical (unpaired) electrons. The molecule has 0 rings (SSSR count). The number of hydrogen-bond acceptors (Lipinski definition) is 2. The molecule has 0 saturated heterocycles. The van der Waals surface area contributed by atoms with Crippen LogP contribution in [0.25, 0.3) is 0 Å². The first-order chi connectivity index (χ1) is 4.59. The minimum atomic E-state index is -0.0602. The third kappa shape index (κ3) is 2.67. The van der Waals surface area contributed by atoms with E-state index in [-0.39, 0.29) is 17.8 Å². The number of ketones is 1. The Hall–Kier alpha value is -0.790. The second kappa shape index (κ2) is 4.09. The van der Waals surface area contributed by atoms with Crippen molar-refractivity contribution in [1.29, 1.82) is 0 Å². The lowest BCUT2D eigenvalue weighted by atomic mass is 10.0. The van der Waals surface area contributed by atoms with Gasteiger partial charge in [0.2, 0.25) is 0 Å². The van der Waals surface area contributed by atoms with Crippen LogP contribution in [0.3, 0.4) is 0 Å². The SMILES string of the molecule is C=COC(C)C(C)C(C)=O.